The molecule has 96 valence electrons. The second-order valence-corrected chi connectivity index (χ2v) is 5.14. The predicted octanol–water partition coefficient (Wildman–Crippen LogP) is 3.99. The summed E-state index contributed by atoms with van der Waals surface area (Å²) in [4.78, 5) is 4.73. The van der Waals surface area contributed by atoms with Gasteiger partial charge in [-0.25, -0.2) is 4.98 Å². The number of hydrogen-bond donors (Lipinski definition) is 0. The normalized spacial score (nSPS) is 11.4. The summed E-state index contributed by atoms with van der Waals surface area (Å²) in [6.45, 7) is 6.37. The lowest BCUT2D eigenvalue weighted by Gasteiger charge is -2.05. The highest BCUT2D eigenvalue weighted by atomic mass is 15.3. The van der Waals surface area contributed by atoms with Gasteiger partial charge in [0, 0.05) is 23.2 Å². The largest absolute Gasteiger partial charge is 0.270 e. The van der Waals surface area contributed by atoms with Gasteiger partial charge in [-0.3, -0.25) is 4.68 Å². The van der Waals surface area contributed by atoms with Crippen molar-refractivity contribution in [3.05, 3.63) is 48.3 Å². The van der Waals surface area contributed by atoms with Crippen molar-refractivity contribution in [2.45, 2.75) is 26.8 Å². The molecule has 0 fully saturated rings. The zero-order chi connectivity index (χ0) is 13.4. The fraction of sp³-hybridized carbons (Fsp3) is 0.250. The molecule has 19 heavy (non-hydrogen) atoms. The maximum atomic E-state index is 4.73. The lowest BCUT2D eigenvalue weighted by Crippen LogP contribution is -1.99. The van der Waals surface area contributed by atoms with Crippen LogP contribution >= 0.6 is 0 Å². The topological polar surface area (TPSA) is 30.7 Å². The molecule has 3 heteroatoms. The van der Waals surface area contributed by atoms with Crippen molar-refractivity contribution in [2.24, 2.45) is 0 Å². The maximum Gasteiger partial charge on any atom is 0.0743 e. The quantitative estimate of drug-likeness (QED) is 0.689. The number of fused-ring (bicyclic) bond motifs is 1. The highest BCUT2D eigenvalue weighted by molar-refractivity contribution is 5.84. The van der Waals surface area contributed by atoms with E-state index in [1.54, 1.807) is 0 Å². The van der Waals surface area contributed by atoms with E-state index in [-0.39, 0.29) is 0 Å². The molecule has 0 saturated carbocycles. The standard InChI is InChI=1S/C16H17N3/c1-11(2)19-10-13(9-17-19)16-8-12(3)14-6-4-5-7-15(14)18-16/h4-11H,1-3H3. The van der Waals surface area contributed by atoms with Gasteiger partial charge >= 0.3 is 0 Å². The highest BCUT2D eigenvalue weighted by Crippen LogP contribution is 2.24. The Labute approximate surface area is 112 Å². The van der Waals surface area contributed by atoms with Crippen LogP contribution in [0.15, 0.2) is 42.7 Å². The first-order chi connectivity index (χ1) is 9.15. The molecule has 0 spiro atoms. The Morgan fingerprint density at radius 2 is 1.95 bits per heavy atom. The van der Waals surface area contributed by atoms with Crippen molar-refractivity contribution in [3.63, 3.8) is 0 Å². The summed E-state index contributed by atoms with van der Waals surface area (Å²) in [6.07, 6.45) is 3.94. The van der Waals surface area contributed by atoms with E-state index in [0.29, 0.717) is 6.04 Å². The summed E-state index contributed by atoms with van der Waals surface area (Å²) in [5.41, 5.74) is 4.35. The fourth-order valence-corrected chi connectivity index (χ4v) is 2.25. The fourth-order valence-electron chi connectivity index (χ4n) is 2.25. The van der Waals surface area contributed by atoms with Crippen molar-refractivity contribution in [3.8, 4) is 11.3 Å². The van der Waals surface area contributed by atoms with E-state index in [0.717, 1.165) is 16.8 Å². The van der Waals surface area contributed by atoms with Crippen LogP contribution in [0.25, 0.3) is 22.2 Å². The van der Waals surface area contributed by atoms with Crippen LogP contribution < -0.4 is 0 Å². The van der Waals surface area contributed by atoms with Crippen molar-refractivity contribution in [1.29, 1.82) is 0 Å². The van der Waals surface area contributed by atoms with Gasteiger partial charge in [0.05, 0.1) is 17.4 Å². The minimum absolute atomic E-state index is 0.371. The molecule has 0 N–H and O–H groups in total. The van der Waals surface area contributed by atoms with Crippen molar-refractivity contribution in [2.75, 3.05) is 0 Å². The van der Waals surface area contributed by atoms with Gasteiger partial charge in [-0.1, -0.05) is 18.2 Å². The van der Waals surface area contributed by atoms with Gasteiger partial charge < -0.3 is 0 Å². The molecular weight excluding hydrogens is 234 g/mol. The average molecular weight is 251 g/mol. The third-order valence-electron chi connectivity index (χ3n) is 3.35. The summed E-state index contributed by atoms with van der Waals surface area (Å²) in [6, 6.07) is 10.7. The molecule has 0 aliphatic heterocycles. The molecule has 0 aliphatic carbocycles. The van der Waals surface area contributed by atoms with Crippen LogP contribution in [0.4, 0.5) is 0 Å². The first kappa shape index (κ1) is 11.9. The summed E-state index contributed by atoms with van der Waals surface area (Å²) in [5, 5.41) is 5.59. The van der Waals surface area contributed by atoms with Crippen LogP contribution in [-0.2, 0) is 0 Å². The van der Waals surface area contributed by atoms with Crippen molar-refractivity contribution >= 4 is 10.9 Å². The van der Waals surface area contributed by atoms with Crippen molar-refractivity contribution in [1.82, 2.24) is 14.8 Å². The Bertz CT molecular complexity index is 726. The zero-order valence-corrected chi connectivity index (χ0v) is 11.5. The van der Waals surface area contributed by atoms with Crippen LogP contribution in [0.3, 0.4) is 0 Å². The van der Waals surface area contributed by atoms with E-state index in [4.69, 9.17) is 4.98 Å². The molecule has 0 bridgehead atoms. The lowest BCUT2D eigenvalue weighted by molar-refractivity contribution is 0.532. The Morgan fingerprint density at radius 3 is 2.68 bits per heavy atom. The van der Waals surface area contributed by atoms with Gasteiger partial charge in [0.25, 0.3) is 0 Å². The molecule has 3 aromatic rings. The molecule has 1 aromatic carbocycles. The van der Waals surface area contributed by atoms with Gasteiger partial charge in [-0.2, -0.15) is 5.10 Å². The van der Waals surface area contributed by atoms with Crippen LogP contribution in [0.1, 0.15) is 25.5 Å². The van der Waals surface area contributed by atoms with Gasteiger partial charge in [-0.05, 0) is 38.5 Å². The molecular formula is C16H17N3. The second-order valence-electron chi connectivity index (χ2n) is 5.14. The first-order valence-electron chi connectivity index (χ1n) is 6.56. The first-order valence-corrected chi connectivity index (χ1v) is 6.56. The summed E-state index contributed by atoms with van der Waals surface area (Å²) in [7, 11) is 0. The number of para-hydroxylation sites is 1. The third-order valence-corrected chi connectivity index (χ3v) is 3.35. The summed E-state index contributed by atoms with van der Waals surface area (Å²) in [5.74, 6) is 0. The van der Waals surface area contributed by atoms with Gasteiger partial charge in [0.15, 0.2) is 0 Å². The smallest absolute Gasteiger partial charge is 0.0743 e. The molecule has 0 aliphatic rings. The number of benzene rings is 1. The Hall–Kier alpha value is -2.16. The number of pyridine rings is 1. The van der Waals surface area contributed by atoms with E-state index >= 15 is 0 Å². The SMILES string of the molecule is Cc1cc(-c2cnn(C(C)C)c2)nc2ccccc12. The molecule has 3 rings (SSSR count). The van der Waals surface area contributed by atoms with E-state index < -0.39 is 0 Å². The Kier molecular flexibility index (Phi) is 2.82. The predicted molar refractivity (Wildman–Crippen MR) is 78.1 cm³/mol. The number of hydrogen-bond acceptors (Lipinski definition) is 2. The average Bonchev–Trinajstić information content (AvgIpc) is 2.88. The monoisotopic (exact) mass is 251 g/mol. The number of rotatable bonds is 2. The van der Waals surface area contributed by atoms with E-state index in [9.17, 15) is 0 Å². The number of nitrogens with zero attached hydrogens (tertiary/aromatic N) is 3. The summed E-state index contributed by atoms with van der Waals surface area (Å²) >= 11 is 0. The molecule has 2 aromatic heterocycles. The number of aryl methyl sites for hydroxylation is 1. The molecule has 2 heterocycles. The van der Waals surface area contributed by atoms with Crippen LogP contribution in [0.2, 0.25) is 0 Å². The molecule has 0 unspecified atom stereocenters. The maximum absolute atomic E-state index is 4.73. The minimum Gasteiger partial charge on any atom is -0.270 e. The summed E-state index contributed by atoms with van der Waals surface area (Å²) < 4.78 is 1.96. The molecule has 0 radical (unpaired) electrons. The Balaban J connectivity index is 2.14. The molecule has 3 nitrogen and oxygen atoms in total. The van der Waals surface area contributed by atoms with Crippen molar-refractivity contribution < 1.29 is 0 Å². The lowest BCUT2D eigenvalue weighted by atomic mass is 10.1. The van der Waals surface area contributed by atoms with Crippen LogP contribution in [0.5, 0.6) is 0 Å². The van der Waals surface area contributed by atoms with Gasteiger partial charge in [-0.15, -0.1) is 0 Å². The van der Waals surface area contributed by atoms with Gasteiger partial charge in [0.1, 0.15) is 0 Å². The molecule has 0 saturated heterocycles. The zero-order valence-electron chi connectivity index (χ0n) is 11.5. The minimum atomic E-state index is 0.371. The second kappa shape index (κ2) is 4.50. The van der Waals surface area contributed by atoms with Crippen LogP contribution in [0, 0.1) is 6.92 Å². The van der Waals surface area contributed by atoms with E-state index in [1.165, 1.54) is 10.9 Å². The van der Waals surface area contributed by atoms with E-state index in [2.05, 4.69) is 50.3 Å². The molecule has 0 amide bonds. The Morgan fingerprint density at radius 1 is 1.16 bits per heavy atom. The van der Waals surface area contributed by atoms with Crippen LogP contribution in [-0.4, -0.2) is 14.8 Å². The third kappa shape index (κ3) is 2.12. The van der Waals surface area contributed by atoms with E-state index in [1.807, 2.05) is 23.0 Å². The molecule has 0 atom stereocenters. The number of aromatic nitrogens is 3. The highest BCUT2D eigenvalue weighted by Gasteiger charge is 2.08. The van der Waals surface area contributed by atoms with Gasteiger partial charge in [0.2, 0.25) is 0 Å².